The Kier molecular flexibility index (Phi) is 10.2. The van der Waals surface area contributed by atoms with Gasteiger partial charge in [0.15, 0.2) is 0 Å². The van der Waals surface area contributed by atoms with Crippen molar-refractivity contribution >= 4 is 39.1 Å². The Bertz CT molecular complexity index is 1400. The van der Waals surface area contributed by atoms with Crippen LogP contribution in [-0.4, -0.2) is 43.8 Å². The van der Waals surface area contributed by atoms with Gasteiger partial charge in [0, 0.05) is 17.6 Å². The average molecular weight is 570 g/mol. The van der Waals surface area contributed by atoms with Gasteiger partial charge in [-0.15, -0.1) is 0 Å². The average Bonchev–Trinajstić information content (AvgIpc) is 2.92. The molecule has 0 saturated carbocycles. The summed E-state index contributed by atoms with van der Waals surface area (Å²) in [6.07, 6.45) is 0.738. The van der Waals surface area contributed by atoms with E-state index in [0.717, 1.165) is 27.4 Å². The van der Waals surface area contributed by atoms with Crippen molar-refractivity contribution in [1.82, 2.24) is 10.2 Å². The highest BCUT2D eigenvalue weighted by atomic mass is 35.5. The van der Waals surface area contributed by atoms with Gasteiger partial charge in [-0.1, -0.05) is 72.6 Å². The second kappa shape index (κ2) is 13.1. The molecule has 0 bridgehead atoms. The molecule has 0 unspecified atom stereocenters. The van der Waals surface area contributed by atoms with Crippen molar-refractivity contribution in [3.8, 4) is 0 Å². The molecular weight excluding hydrogens is 534 g/mol. The molecule has 3 aromatic carbocycles. The van der Waals surface area contributed by atoms with E-state index in [-0.39, 0.29) is 29.1 Å². The van der Waals surface area contributed by atoms with Crippen molar-refractivity contribution in [2.45, 2.75) is 64.6 Å². The van der Waals surface area contributed by atoms with Gasteiger partial charge in [-0.2, -0.15) is 0 Å². The normalized spacial score (nSPS) is 12.9. The van der Waals surface area contributed by atoms with Crippen molar-refractivity contribution in [1.29, 1.82) is 0 Å². The lowest BCUT2D eigenvalue weighted by molar-refractivity contribution is -0.139. The number of aryl methyl sites for hydroxylation is 2. The van der Waals surface area contributed by atoms with Crippen molar-refractivity contribution in [3.63, 3.8) is 0 Å². The summed E-state index contributed by atoms with van der Waals surface area (Å²) in [7, 11) is -4.14. The Morgan fingerprint density at radius 3 is 2.18 bits per heavy atom. The van der Waals surface area contributed by atoms with Crippen LogP contribution in [0.3, 0.4) is 0 Å². The van der Waals surface area contributed by atoms with Crippen molar-refractivity contribution in [2.75, 3.05) is 10.8 Å². The van der Waals surface area contributed by atoms with E-state index < -0.39 is 28.5 Å². The van der Waals surface area contributed by atoms with E-state index in [1.54, 1.807) is 31.2 Å². The van der Waals surface area contributed by atoms with Crippen LogP contribution in [0.2, 0.25) is 5.02 Å². The molecule has 7 nitrogen and oxygen atoms in total. The first kappa shape index (κ1) is 30.2. The molecule has 0 radical (unpaired) electrons. The molecule has 2 amide bonds. The third-order valence-corrected chi connectivity index (χ3v) is 8.89. The molecule has 2 atom stereocenters. The smallest absolute Gasteiger partial charge is 0.264 e. The predicted molar refractivity (Wildman–Crippen MR) is 156 cm³/mol. The number of carbonyl (C=O) groups is 2. The zero-order valence-corrected chi connectivity index (χ0v) is 24.6. The summed E-state index contributed by atoms with van der Waals surface area (Å²) in [4.78, 5) is 28.5. The minimum absolute atomic E-state index is 0.0507. The Labute approximate surface area is 236 Å². The van der Waals surface area contributed by atoms with Crippen LogP contribution >= 0.6 is 11.6 Å². The zero-order valence-electron chi connectivity index (χ0n) is 23.0. The standard InChI is InChI=1S/C30H36ClN3O4S/c1-6-23(4)32-30(36)24(5)33(19-25-10-8-7-9-11-25)29(35)20-34(26-15-14-22(3)28(31)18-26)39(37,38)27-16-12-21(2)13-17-27/h7-18,23-24H,6,19-20H2,1-5H3,(H,32,36)/t23-,24-/m0/s1. The highest BCUT2D eigenvalue weighted by Gasteiger charge is 2.33. The molecule has 0 fully saturated rings. The van der Waals surface area contributed by atoms with Crippen LogP contribution in [0.15, 0.2) is 77.7 Å². The predicted octanol–water partition coefficient (Wildman–Crippen LogP) is 5.48. The molecule has 0 aliphatic carbocycles. The maximum Gasteiger partial charge on any atom is 0.264 e. The summed E-state index contributed by atoms with van der Waals surface area (Å²) < 4.78 is 28.8. The van der Waals surface area contributed by atoms with E-state index in [1.807, 2.05) is 58.0 Å². The summed E-state index contributed by atoms with van der Waals surface area (Å²) >= 11 is 6.37. The van der Waals surface area contributed by atoms with Crippen LogP contribution in [0.25, 0.3) is 0 Å². The number of benzene rings is 3. The van der Waals surface area contributed by atoms with E-state index in [2.05, 4.69) is 5.32 Å². The van der Waals surface area contributed by atoms with Crippen LogP contribution < -0.4 is 9.62 Å². The fourth-order valence-electron chi connectivity index (χ4n) is 3.93. The number of hydrogen-bond donors (Lipinski definition) is 1. The van der Waals surface area contributed by atoms with Crippen LogP contribution in [0.1, 0.15) is 43.9 Å². The van der Waals surface area contributed by atoms with E-state index in [9.17, 15) is 18.0 Å². The maximum absolute atomic E-state index is 13.9. The van der Waals surface area contributed by atoms with Gasteiger partial charge in [0.2, 0.25) is 11.8 Å². The Morgan fingerprint density at radius 1 is 0.949 bits per heavy atom. The van der Waals surface area contributed by atoms with Gasteiger partial charge < -0.3 is 10.2 Å². The van der Waals surface area contributed by atoms with Crippen molar-refractivity contribution < 1.29 is 18.0 Å². The molecule has 0 spiro atoms. The number of amides is 2. The molecule has 1 N–H and O–H groups in total. The van der Waals surface area contributed by atoms with Gasteiger partial charge in [0.05, 0.1) is 10.6 Å². The Balaban J connectivity index is 2.04. The number of sulfonamides is 1. The van der Waals surface area contributed by atoms with Crippen molar-refractivity contribution in [2.24, 2.45) is 0 Å². The number of carbonyl (C=O) groups excluding carboxylic acids is 2. The molecule has 3 rings (SSSR count). The summed E-state index contributed by atoms with van der Waals surface area (Å²) in [6, 6.07) is 19.7. The van der Waals surface area contributed by atoms with Gasteiger partial charge >= 0.3 is 0 Å². The largest absolute Gasteiger partial charge is 0.352 e. The Hall–Kier alpha value is -3.36. The van der Waals surface area contributed by atoms with Gasteiger partial charge in [0.1, 0.15) is 12.6 Å². The molecule has 208 valence electrons. The highest BCUT2D eigenvalue weighted by molar-refractivity contribution is 7.92. The number of nitrogens with zero attached hydrogens (tertiary/aromatic N) is 2. The number of rotatable bonds is 11. The first-order chi connectivity index (χ1) is 18.4. The number of hydrogen-bond acceptors (Lipinski definition) is 4. The summed E-state index contributed by atoms with van der Waals surface area (Å²) in [5, 5.41) is 3.31. The fraction of sp³-hybridized carbons (Fsp3) is 0.333. The van der Waals surface area contributed by atoms with Gasteiger partial charge in [-0.25, -0.2) is 8.42 Å². The number of anilines is 1. The third-order valence-electron chi connectivity index (χ3n) is 6.70. The summed E-state index contributed by atoms with van der Waals surface area (Å²) in [5.74, 6) is -0.821. The minimum atomic E-state index is -4.14. The lowest BCUT2D eigenvalue weighted by atomic mass is 10.1. The molecule has 0 aliphatic rings. The van der Waals surface area contributed by atoms with Crippen molar-refractivity contribution in [3.05, 3.63) is 94.5 Å². The van der Waals surface area contributed by atoms with Crippen LogP contribution in [0.4, 0.5) is 5.69 Å². The van der Waals surface area contributed by atoms with Gasteiger partial charge in [-0.3, -0.25) is 13.9 Å². The van der Waals surface area contributed by atoms with Crippen LogP contribution in [-0.2, 0) is 26.2 Å². The number of halogens is 1. The SMILES string of the molecule is CC[C@H](C)NC(=O)[C@H](C)N(Cc1ccccc1)C(=O)CN(c1ccc(C)c(Cl)c1)S(=O)(=O)c1ccc(C)cc1. The molecule has 3 aromatic rings. The van der Waals surface area contributed by atoms with E-state index in [0.29, 0.717) is 5.02 Å². The van der Waals surface area contributed by atoms with E-state index in [4.69, 9.17) is 11.6 Å². The van der Waals surface area contributed by atoms with Gasteiger partial charge in [0.25, 0.3) is 10.0 Å². The molecular formula is C30H36ClN3O4S. The summed E-state index contributed by atoms with van der Waals surface area (Å²) in [5.41, 5.74) is 2.77. The number of nitrogens with one attached hydrogen (secondary N) is 1. The van der Waals surface area contributed by atoms with Crippen LogP contribution in [0.5, 0.6) is 0 Å². The second-order valence-electron chi connectivity index (χ2n) is 9.76. The molecule has 39 heavy (non-hydrogen) atoms. The molecule has 0 saturated heterocycles. The molecule has 0 heterocycles. The van der Waals surface area contributed by atoms with Gasteiger partial charge in [-0.05, 0) is 69.5 Å². The zero-order chi connectivity index (χ0) is 28.7. The lowest BCUT2D eigenvalue weighted by Crippen LogP contribution is -2.52. The monoisotopic (exact) mass is 569 g/mol. The lowest BCUT2D eigenvalue weighted by Gasteiger charge is -2.32. The summed E-state index contributed by atoms with van der Waals surface area (Å²) in [6.45, 7) is 8.82. The third kappa shape index (κ3) is 7.61. The van der Waals surface area contributed by atoms with E-state index >= 15 is 0 Å². The first-order valence-corrected chi connectivity index (χ1v) is 14.7. The molecule has 0 aliphatic heterocycles. The first-order valence-electron chi connectivity index (χ1n) is 12.9. The fourth-order valence-corrected chi connectivity index (χ4v) is 5.51. The topological polar surface area (TPSA) is 86.8 Å². The van der Waals surface area contributed by atoms with Crippen LogP contribution in [0, 0.1) is 13.8 Å². The Morgan fingerprint density at radius 2 is 1.59 bits per heavy atom. The molecule has 9 heteroatoms. The van der Waals surface area contributed by atoms with E-state index in [1.165, 1.54) is 23.1 Å². The minimum Gasteiger partial charge on any atom is -0.352 e. The maximum atomic E-state index is 13.9. The molecule has 0 aromatic heterocycles. The highest BCUT2D eigenvalue weighted by Crippen LogP contribution is 2.28. The second-order valence-corrected chi connectivity index (χ2v) is 12.0. The quantitative estimate of drug-likeness (QED) is 0.331.